The fourth-order valence-corrected chi connectivity index (χ4v) is 2.41. The van der Waals surface area contributed by atoms with Crippen LogP contribution < -0.4 is 5.32 Å². The number of carbonyl (C=O) groups excluding carboxylic acids is 2. The molecule has 1 fully saturated rings. The van der Waals surface area contributed by atoms with Gasteiger partial charge in [0.25, 0.3) is 0 Å². The number of nitrogens with zero attached hydrogens (tertiary/aromatic N) is 1. The number of aliphatic hydroxyl groups is 1. The van der Waals surface area contributed by atoms with Gasteiger partial charge in [-0.1, -0.05) is 0 Å². The minimum atomic E-state index is -0.408. The molecule has 0 aromatic heterocycles. The Balaban J connectivity index is 1.94. The molecule has 1 unspecified atom stereocenters. The molecule has 0 saturated carbocycles. The number of likely N-dealkylation sites (tertiary alicyclic amines) is 1. The molecule has 2 N–H and O–H groups in total. The number of methoxy groups -OCH3 is 1. The number of piperidine rings is 1. The number of aliphatic hydroxyl groups excluding tert-OH is 1. The third kappa shape index (κ3) is 3.95. The van der Waals surface area contributed by atoms with E-state index in [1.165, 1.54) is 7.11 Å². The van der Waals surface area contributed by atoms with Crippen LogP contribution in [0.1, 0.15) is 23.2 Å². The molecule has 1 saturated heterocycles. The maximum Gasteiger partial charge on any atom is 0.337 e. The van der Waals surface area contributed by atoms with Crippen molar-refractivity contribution in [1.82, 2.24) is 4.90 Å². The van der Waals surface area contributed by atoms with Gasteiger partial charge in [0.05, 0.1) is 12.7 Å². The minimum Gasteiger partial charge on any atom is -0.465 e. The molecule has 0 bridgehead atoms. The molecule has 1 atom stereocenters. The molecule has 1 aromatic carbocycles. The molecule has 0 radical (unpaired) electrons. The Bertz CT molecular complexity index is 501. The van der Waals surface area contributed by atoms with Crippen molar-refractivity contribution in [1.29, 1.82) is 0 Å². The number of hydrogen-bond donors (Lipinski definition) is 2. The van der Waals surface area contributed by atoms with Crippen LogP contribution >= 0.6 is 0 Å². The normalized spacial score (nSPS) is 18.2. The summed E-state index contributed by atoms with van der Waals surface area (Å²) >= 11 is 0. The average Bonchev–Trinajstić information content (AvgIpc) is 2.54. The first kappa shape index (κ1) is 15.3. The fraction of sp³-hybridized carbons (Fsp3) is 0.467. The van der Waals surface area contributed by atoms with E-state index >= 15 is 0 Å². The standard InChI is InChI=1S/C15H20N2O4/c1-21-14(19)12-4-6-13(7-5-12)16-15(20)17-8-2-3-11(9-17)10-18/h4-7,11,18H,2-3,8-10H2,1H3,(H,16,20). The summed E-state index contributed by atoms with van der Waals surface area (Å²) in [7, 11) is 1.33. The van der Waals surface area contributed by atoms with Crippen molar-refractivity contribution in [2.45, 2.75) is 12.8 Å². The molecule has 1 aliphatic rings. The number of rotatable bonds is 3. The van der Waals surface area contributed by atoms with Gasteiger partial charge in [0.1, 0.15) is 0 Å². The van der Waals surface area contributed by atoms with Crippen LogP contribution in [0, 0.1) is 5.92 Å². The molecule has 0 aliphatic carbocycles. The van der Waals surface area contributed by atoms with E-state index in [2.05, 4.69) is 10.1 Å². The van der Waals surface area contributed by atoms with Gasteiger partial charge < -0.3 is 20.1 Å². The number of nitrogens with one attached hydrogen (secondary N) is 1. The van der Waals surface area contributed by atoms with Gasteiger partial charge in [0.2, 0.25) is 0 Å². The number of urea groups is 1. The maximum atomic E-state index is 12.1. The summed E-state index contributed by atoms with van der Waals surface area (Å²) in [5.74, 6) is -0.249. The fourth-order valence-electron chi connectivity index (χ4n) is 2.41. The first-order valence-electron chi connectivity index (χ1n) is 6.99. The second-order valence-electron chi connectivity index (χ2n) is 5.14. The number of benzene rings is 1. The molecule has 0 spiro atoms. The lowest BCUT2D eigenvalue weighted by atomic mass is 9.99. The summed E-state index contributed by atoms with van der Waals surface area (Å²) in [6.07, 6.45) is 1.86. The van der Waals surface area contributed by atoms with Crippen LogP contribution in [0.25, 0.3) is 0 Å². The van der Waals surface area contributed by atoms with E-state index in [-0.39, 0.29) is 18.6 Å². The van der Waals surface area contributed by atoms with Gasteiger partial charge in [0, 0.05) is 25.4 Å². The third-order valence-corrected chi connectivity index (χ3v) is 3.62. The number of carbonyl (C=O) groups is 2. The van der Waals surface area contributed by atoms with Gasteiger partial charge in [-0.3, -0.25) is 0 Å². The van der Waals surface area contributed by atoms with E-state index in [1.807, 2.05) is 0 Å². The molecule has 1 aromatic rings. The van der Waals surface area contributed by atoms with Crippen LogP contribution in [0.4, 0.5) is 10.5 Å². The summed E-state index contributed by atoms with van der Waals surface area (Å²) in [6.45, 7) is 1.38. The number of ether oxygens (including phenoxy) is 1. The van der Waals surface area contributed by atoms with E-state index < -0.39 is 5.97 Å². The van der Waals surface area contributed by atoms with Crippen LogP contribution in [-0.4, -0.2) is 48.8 Å². The quantitative estimate of drug-likeness (QED) is 0.831. The zero-order valence-corrected chi connectivity index (χ0v) is 12.0. The minimum absolute atomic E-state index is 0.109. The Morgan fingerprint density at radius 3 is 2.71 bits per heavy atom. The van der Waals surface area contributed by atoms with E-state index in [1.54, 1.807) is 29.2 Å². The van der Waals surface area contributed by atoms with Crippen LogP contribution in [-0.2, 0) is 4.74 Å². The summed E-state index contributed by atoms with van der Waals surface area (Å²) in [5, 5.41) is 12.0. The Kier molecular flexibility index (Phi) is 5.16. The van der Waals surface area contributed by atoms with Crippen LogP contribution in [0.15, 0.2) is 24.3 Å². The zero-order valence-electron chi connectivity index (χ0n) is 12.0. The Morgan fingerprint density at radius 1 is 1.38 bits per heavy atom. The summed E-state index contributed by atoms with van der Waals surface area (Å²) in [4.78, 5) is 25.2. The molecule has 114 valence electrons. The monoisotopic (exact) mass is 292 g/mol. The predicted molar refractivity (Wildman–Crippen MR) is 78.2 cm³/mol. The molecule has 2 amide bonds. The largest absolute Gasteiger partial charge is 0.465 e. The lowest BCUT2D eigenvalue weighted by molar-refractivity contribution is 0.0600. The smallest absolute Gasteiger partial charge is 0.337 e. The van der Waals surface area contributed by atoms with E-state index in [0.29, 0.717) is 24.3 Å². The molecule has 6 heteroatoms. The highest BCUT2D eigenvalue weighted by atomic mass is 16.5. The van der Waals surface area contributed by atoms with Gasteiger partial charge in [-0.2, -0.15) is 0 Å². The highest BCUT2D eigenvalue weighted by molar-refractivity contribution is 5.92. The molecular formula is C15H20N2O4. The highest BCUT2D eigenvalue weighted by Crippen LogP contribution is 2.17. The van der Waals surface area contributed by atoms with Crippen molar-refractivity contribution in [2.24, 2.45) is 5.92 Å². The van der Waals surface area contributed by atoms with Crippen molar-refractivity contribution in [2.75, 3.05) is 32.1 Å². The average molecular weight is 292 g/mol. The van der Waals surface area contributed by atoms with Gasteiger partial charge in [-0.15, -0.1) is 0 Å². The summed E-state index contributed by atoms with van der Waals surface area (Å²) in [6, 6.07) is 6.36. The van der Waals surface area contributed by atoms with E-state index in [4.69, 9.17) is 0 Å². The van der Waals surface area contributed by atoms with Gasteiger partial charge in [0.15, 0.2) is 0 Å². The maximum absolute atomic E-state index is 12.1. The topological polar surface area (TPSA) is 78.9 Å². The highest BCUT2D eigenvalue weighted by Gasteiger charge is 2.23. The molecule has 1 aliphatic heterocycles. The zero-order chi connectivity index (χ0) is 15.2. The molecule has 2 rings (SSSR count). The van der Waals surface area contributed by atoms with Gasteiger partial charge in [-0.25, -0.2) is 9.59 Å². The van der Waals surface area contributed by atoms with Crippen LogP contribution in [0.2, 0.25) is 0 Å². The Labute approximate surface area is 123 Å². The second-order valence-corrected chi connectivity index (χ2v) is 5.14. The van der Waals surface area contributed by atoms with E-state index in [0.717, 1.165) is 12.8 Å². The number of esters is 1. The Morgan fingerprint density at radius 2 is 2.10 bits per heavy atom. The van der Waals surface area contributed by atoms with Crippen molar-refractivity contribution < 1.29 is 19.4 Å². The first-order chi connectivity index (χ1) is 10.1. The molecule has 1 heterocycles. The molecule has 21 heavy (non-hydrogen) atoms. The Hall–Kier alpha value is -2.08. The van der Waals surface area contributed by atoms with Crippen LogP contribution in [0.3, 0.4) is 0 Å². The second kappa shape index (κ2) is 7.08. The lowest BCUT2D eigenvalue weighted by Crippen LogP contribution is -2.43. The predicted octanol–water partition coefficient (Wildman–Crippen LogP) is 1.71. The number of amides is 2. The number of anilines is 1. The molecular weight excluding hydrogens is 272 g/mol. The summed E-state index contributed by atoms with van der Waals surface area (Å²) in [5.41, 5.74) is 1.06. The SMILES string of the molecule is COC(=O)c1ccc(NC(=O)N2CCCC(CO)C2)cc1. The van der Waals surface area contributed by atoms with E-state index in [9.17, 15) is 14.7 Å². The van der Waals surface area contributed by atoms with Crippen molar-refractivity contribution >= 4 is 17.7 Å². The van der Waals surface area contributed by atoms with Crippen molar-refractivity contribution in [3.8, 4) is 0 Å². The number of hydrogen-bond acceptors (Lipinski definition) is 4. The van der Waals surface area contributed by atoms with Crippen molar-refractivity contribution in [3.05, 3.63) is 29.8 Å². The molecule has 6 nitrogen and oxygen atoms in total. The third-order valence-electron chi connectivity index (χ3n) is 3.62. The lowest BCUT2D eigenvalue weighted by Gasteiger charge is -2.31. The summed E-state index contributed by atoms with van der Waals surface area (Å²) < 4.78 is 4.62. The van der Waals surface area contributed by atoms with Gasteiger partial charge >= 0.3 is 12.0 Å². The van der Waals surface area contributed by atoms with Crippen molar-refractivity contribution in [3.63, 3.8) is 0 Å². The van der Waals surface area contributed by atoms with Crippen LogP contribution in [0.5, 0.6) is 0 Å². The first-order valence-corrected chi connectivity index (χ1v) is 6.99. The van der Waals surface area contributed by atoms with Gasteiger partial charge in [-0.05, 0) is 43.0 Å².